The molecule has 0 aliphatic rings. The van der Waals surface area contributed by atoms with Crippen molar-refractivity contribution in [1.82, 2.24) is 0 Å². The Hall–Kier alpha value is -0.780. The number of ketones is 1. The first-order valence-corrected chi connectivity index (χ1v) is 7.19. The standard InChI is InChI=1S/C14H9Cl2IO2/c1-19-13-7-11(15)10(6-12(13)16)14(18)8-3-2-4-9(17)5-8/h2-7H,1H3. The predicted octanol–water partition coefficient (Wildman–Crippen LogP) is 4.84. The molecule has 5 heteroatoms. The molecular formula is C14H9Cl2IO2. The summed E-state index contributed by atoms with van der Waals surface area (Å²) in [6, 6.07) is 10.4. The second-order valence-corrected chi connectivity index (χ2v) is 5.87. The predicted molar refractivity (Wildman–Crippen MR) is 85.6 cm³/mol. The first-order chi connectivity index (χ1) is 9.02. The van der Waals surface area contributed by atoms with Gasteiger partial charge in [0.15, 0.2) is 5.78 Å². The van der Waals surface area contributed by atoms with E-state index in [4.69, 9.17) is 27.9 Å². The van der Waals surface area contributed by atoms with E-state index in [1.54, 1.807) is 18.2 Å². The quantitative estimate of drug-likeness (QED) is 0.538. The van der Waals surface area contributed by atoms with Crippen molar-refractivity contribution in [1.29, 1.82) is 0 Å². The first-order valence-electron chi connectivity index (χ1n) is 5.36. The fraction of sp³-hybridized carbons (Fsp3) is 0.0714. The van der Waals surface area contributed by atoms with Gasteiger partial charge in [0.05, 0.1) is 17.2 Å². The number of hydrogen-bond acceptors (Lipinski definition) is 2. The van der Waals surface area contributed by atoms with Crippen molar-refractivity contribution in [3.8, 4) is 5.75 Å². The molecule has 0 heterocycles. The maximum atomic E-state index is 12.4. The van der Waals surface area contributed by atoms with Gasteiger partial charge in [0.1, 0.15) is 5.75 Å². The monoisotopic (exact) mass is 406 g/mol. The number of rotatable bonds is 3. The molecule has 0 saturated carbocycles. The molecule has 0 N–H and O–H groups in total. The molecule has 0 amide bonds. The van der Waals surface area contributed by atoms with Crippen molar-refractivity contribution >= 4 is 51.6 Å². The molecule has 0 fully saturated rings. The van der Waals surface area contributed by atoms with Crippen LogP contribution in [0.25, 0.3) is 0 Å². The topological polar surface area (TPSA) is 26.3 Å². The van der Waals surface area contributed by atoms with Crippen LogP contribution in [0.2, 0.25) is 10.0 Å². The fourth-order valence-corrected chi connectivity index (χ4v) is 2.67. The van der Waals surface area contributed by atoms with Crippen molar-refractivity contribution in [2.24, 2.45) is 0 Å². The molecule has 19 heavy (non-hydrogen) atoms. The Labute approximate surface area is 134 Å². The van der Waals surface area contributed by atoms with E-state index in [2.05, 4.69) is 22.6 Å². The van der Waals surface area contributed by atoms with E-state index in [0.717, 1.165) is 3.57 Å². The lowest BCUT2D eigenvalue weighted by Gasteiger charge is -2.08. The lowest BCUT2D eigenvalue weighted by Crippen LogP contribution is -2.03. The maximum Gasteiger partial charge on any atom is 0.194 e. The summed E-state index contributed by atoms with van der Waals surface area (Å²) < 4.78 is 6.04. The second kappa shape index (κ2) is 6.11. The van der Waals surface area contributed by atoms with Crippen LogP contribution in [0.1, 0.15) is 15.9 Å². The average molecular weight is 407 g/mol. The van der Waals surface area contributed by atoms with Crippen LogP contribution in [0.15, 0.2) is 36.4 Å². The van der Waals surface area contributed by atoms with Gasteiger partial charge in [-0.15, -0.1) is 0 Å². The van der Waals surface area contributed by atoms with Crippen LogP contribution < -0.4 is 4.74 Å². The van der Waals surface area contributed by atoms with Gasteiger partial charge in [0, 0.05) is 20.8 Å². The van der Waals surface area contributed by atoms with Crippen LogP contribution in [0.3, 0.4) is 0 Å². The smallest absolute Gasteiger partial charge is 0.194 e. The van der Waals surface area contributed by atoms with Crippen LogP contribution in [-0.2, 0) is 0 Å². The zero-order chi connectivity index (χ0) is 14.0. The number of methoxy groups -OCH3 is 1. The highest BCUT2D eigenvalue weighted by molar-refractivity contribution is 14.1. The summed E-state index contributed by atoms with van der Waals surface area (Å²) in [5.74, 6) is 0.291. The van der Waals surface area contributed by atoms with E-state index in [1.807, 2.05) is 12.1 Å². The Morgan fingerprint density at radius 2 is 1.89 bits per heavy atom. The van der Waals surface area contributed by atoms with Gasteiger partial charge in [0.25, 0.3) is 0 Å². The van der Waals surface area contributed by atoms with Gasteiger partial charge < -0.3 is 4.74 Å². The van der Waals surface area contributed by atoms with E-state index in [0.29, 0.717) is 26.9 Å². The van der Waals surface area contributed by atoms with Gasteiger partial charge in [-0.2, -0.15) is 0 Å². The van der Waals surface area contributed by atoms with Crippen molar-refractivity contribution in [3.63, 3.8) is 0 Å². The molecule has 0 atom stereocenters. The minimum absolute atomic E-state index is 0.159. The van der Waals surface area contributed by atoms with E-state index in [-0.39, 0.29) is 5.78 Å². The van der Waals surface area contributed by atoms with Crippen LogP contribution >= 0.6 is 45.8 Å². The second-order valence-electron chi connectivity index (χ2n) is 3.81. The molecule has 0 unspecified atom stereocenters. The highest BCUT2D eigenvalue weighted by atomic mass is 127. The molecule has 0 radical (unpaired) electrons. The van der Waals surface area contributed by atoms with Gasteiger partial charge in [0.2, 0.25) is 0 Å². The Balaban J connectivity index is 2.47. The fourth-order valence-electron chi connectivity index (χ4n) is 1.64. The van der Waals surface area contributed by atoms with Crippen LogP contribution in [0.4, 0.5) is 0 Å². The molecule has 0 spiro atoms. The summed E-state index contributed by atoms with van der Waals surface area (Å²) in [4.78, 5) is 12.4. The normalized spacial score (nSPS) is 10.3. The summed E-state index contributed by atoms with van der Waals surface area (Å²) in [7, 11) is 1.50. The molecule has 2 aromatic rings. The highest BCUT2D eigenvalue weighted by Crippen LogP contribution is 2.32. The van der Waals surface area contributed by atoms with E-state index in [1.165, 1.54) is 13.2 Å². The molecule has 0 saturated heterocycles. The summed E-state index contributed by atoms with van der Waals surface area (Å²) in [5, 5.41) is 0.686. The third kappa shape index (κ3) is 3.22. The number of halogens is 3. The Kier molecular flexibility index (Phi) is 4.71. The van der Waals surface area contributed by atoms with E-state index < -0.39 is 0 Å². The number of benzene rings is 2. The highest BCUT2D eigenvalue weighted by Gasteiger charge is 2.16. The average Bonchev–Trinajstić information content (AvgIpc) is 2.40. The van der Waals surface area contributed by atoms with Gasteiger partial charge in [-0.1, -0.05) is 35.3 Å². The molecule has 0 bridgehead atoms. The van der Waals surface area contributed by atoms with Crippen molar-refractivity contribution in [3.05, 3.63) is 61.1 Å². The van der Waals surface area contributed by atoms with Crippen LogP contribution in [0, 0.1) is 3.57 Å². The van der Waals surface area contributed by atoms with Gasteiger partial charge >= 0.3 is 0 Å². The summed E-state index contributed by atoms with van der Waals surface area (Å²) in [6.45, 7) is 0. The molecule has 0 aliphatic heterocycles. The molecular weight excluding hydrogens is 398 g/mol. The molecule has 0 aliphatic carbocycles. The minimum atomic E-state index is -0.159. The maximum absolute atomic E-state index is 12.4. The number of carbonyl (C=O) groups excluding carboxylic acids is 1. The zero-order valence-corrected chi connectivity index (χ0v) is 13.6. The third-order valence-electron chi connectivity index (χ3n) is 2.57. The van der Waals surface area contributed by atoms with Gasteiger partial charge in [-0.25, -0.2) is 0 Å². The summed E-state index contributed by atoms with van der Waals surface area (Å²) >= 11 is 14.3. The molecule has 2 rings (SSSR count). The number of ether oxygens (including phenoxy) is 1. The Morgan fingerprint density at radius 1 is 1.16 bits per heavy atom. The van der Waals surface area contributed by atoms with Crippen LogP contribution in [-0.4, -0.2) is 12.9 Å². The van der Waals surface area contributed by atoms with Gasteiger partial charge in [-0.3, -0.25) is 4.79 Å². The number of hydrogen-bond donors (Lipinski definition) is 0. The molecule has 2 aromatic carbocycles. The van der Waals surface area contributed by atoms with Crippen molar-refractivity contribution in [2.75, 3.05) is 7.11 Å². The van der Waals surface area contributed by atoms with Gasteiger partial charge in [-0.05, 0) is 40.8 Å². The van der Waals surface area contributed by atoms with Crippen molar-refractivity contribution < 1.29 is 9.53 Å². The molecule has 2 nitrogen and oxygen atoms in total. The minimum Gasteiger partial charge on any atom is -0.495 e. The largest absolute Gasteiger partial charge is 0.495 e. The SMILES string of the molecule is COc1cc(Cl)c(C(=O)c2cccc(I)c2)cc1Cl. The molecule has 98 valence electrons. The third-order valence-corrected chi connectivity index (χ3v) is 3.85. The molecule has 0 aromatic heterocycles. The lowest BCUT2D eigenvalue weighted by atomic mass is 10.0. The van der Waals surface area contributed by atoms with E-state index in [9.17, 15) is 4.79 Å². The van der Waals surface area contributed by atoms with Crippen molar-refractivity contribution in [2.45, 2.75) is 0 Å². The number of carbonyl (C=O) groups is 1. The lowest BCUT2D eigenvalue weighted by molar-refractivity contribution is 0.103. The van der Waals surface area contributed by atoms with E-state index >= 15 is 0 Å². The zero-order valence-electron chi connectivity index (χ0n) is 9.91. The summed E-state index contributed by atoms with van der Waals surface area (Å²) in [6.07, 6.45) is 0. The summed E-state index contributed by atoms with van der Waals surface area (Å²) in [5.41, 5.74) is 0.949. The Bertz CT molecular complexity index is 641. The first kappa shape index (κ1) is 14.6. The van der Waals surface area contributed by atoms with Crippen LogP contribution in [0.5, 0.6) is 5.75 Å². The Morgan fingerprint density at radius 3 is 2.53 bits per heavy atom.